The van der Waals surface area contributed by atoms with Gasteiger partial charge in [-0.05, 0) is 37.3 Å². The number of rotatable bonds is 4. The number of aryl methyl sites for hydroxylation is 1. The van der Waals surface area contributed by atoms with Crippen LogP contribution in [0.3, 0.4) is 0 Å². The number of hydrogen-bond donors (Lipinski definition) is 2. The minimum absolute atomic E-state index is 0.265. The number of nitrogens with two attached hydrogens (primary N) is 1. The number of aromatic nitrogens is 2. The van der Waals surface area contributed by atoms with Crippen molar-refractivity contribution in [1.29, 1.82) is 0 Å². The lowest BCUT2D eigenvalue weighted by molar-refractivity contribution is 1.09. The van der Waals surface area contributed by atoms with Gasteiger partial charge in [0.05, 0.1) is 0 Å². The van der Waals surface area contributed by atoms with Crippen LogP contribution < -0.4 is 16.0 Å². The standard InChI is InChI=1S/C14H17N5S/c1-9-8-12(13(15)20)18-14(16-9)17-10-4-6-11(7-5-10)19(2)3/h4-8H,1-3H3,(H2,15,20)(H,16,17,18). The van der Waals surface area contributed by atoms with Crippen molar-refractivity contribution in [1.82, 2.24) is 9.97 Å². The quantitative estimate of drug-likeness (QED) is 0.841. The fraction of sp³-hybridized carbons (Fsp3) is 0.214. The van der Waals surface area contributed by atoms with Crippen LogP contribution in [0.1, 0.15) is 11.4 Å². The average molecular weight is 287 g/mol. The van der Waals surface area contributed by atoms with Crippen LogP contribution in [0.25, 0.3) is 0 Å². The van der Waals surface area contributed by atoms with Gasteiger partial charge in [-0.1, -0.05) is 12.2 Å². The Morgan fingerprint density at radius 1 is 1.20 bits per heavy atom. The number of thiocarbonyl (C=S) groups is 1. The molecule has 0 saturated carbocycles. The molecular weight excluding hydrogens is 270 g/mol. The van der Waals surface area contributed by atoms with Crippen LogP contribution in [0.5, 0.6) is 0 Å². The van der Waals surface area contributed by atoms with Gasteiger partial charge in [0.25, 0.3) is 0 Å². The first-order valence-electron chi connectivity index (χ1n) is 6.15. The average Bonchev–Trinajstić information content (AvgIpc) is 2.38. The predicted octanol–water partition coefficient (Wildman–Crippen LogP) is 2.23. The van der Waals surface area contributed by atoms with Crippen molar-refractivity contribution < 1.29 is 0 Å². The second-order valence-electron chi connectivity index (χ2n) is 4.65. The van der Waals surface area contributed by atoms with Crippen LogP contribution in [0.4, 0.5) is 17.3 Å². The van der Waals surface area contributed by atoms with Gasteiger partial charge in [-0.3, -0.25) is 0 Å². The van der Waals surface area contributed by atoms with Gasteiger partial charge in [0.1, 0.15) is 10.7 Å². The lowest BCUT2D eigenvalue weighted by Crippen LogP contribution is -2.13. The molecular formula is C14H17N5S. The molecule has 0 amide bonds. The van der Waals surface area contributed by atoms with Crippen molar-refractivity contribution in [3.8, 4) is 0 Å². The van der Waals surface area contributed by atoms with Gasteiger partial charge in [0.2, 0.25) is 5.95 Å². The second kappa shape index (κ2) is 5.83. The van der Waals surface area contributed by atoms with E-state index in [-0.39, 0.29) is 4.99 Å². The second-order valence-corrected chi connectivity index (χ2v) is 5.09. The van der Waals surface area contributed by atoms with E-state index >= 15 is 0 Å². The predicted molar refractivity (Wildman–Crippen MR) is 86.7 cm³/mol. The van der Waals surface area contributed by atoms with E-state index in [0.29, 0.717) is 11.6 Å². The van der Waals surface area contributed by atoms with E-state index in [1.165, 1.54) is 0 Å². The Bertz CT molecular complexity index is 622. The lowest BCUT2D eigenvalue weighted by atomic mass is 10.2. The van der Waals surface area contributed by atoms with Crippen molar-refractivity contribution in [2.45, 2.75) is 6.92 Å². The molecule has 0 aliphatic rings. The Balaban J connectivity index is 2.23. The van der Waals surface area contributed by atoms with Gasteiger partial charge < -0.3 is 16.0 Å². The van der Waals surface area contributed by atoms with Crippen LogP contribution >= 0.6 is 12.2 Å². The largest absolute Gasteiger partial charge is 0.388 e. The Morgan fingerprint density at radius 3 is 2.40 bits per heavy atom. The van der Waals surface area contributed by atoms with Crippen molar-refractivity contribution >= 4 is 34.5 Å². The van der Waals surface area contributed by atoms with Gasteiger partial charge in [-0.25, -0.2) is 9.97 Å². The highest BCUT2D eigenvalue weighted by atomic mass is 32.1. The molecule has 0 spiro atoms. The summed E-state index contributed by atoms with van der Waals surface area (Å²) in [5.74, 6) is 0.491. The van der Waals surface area contributed by atoms with E-state index in [2.05, 4.69) is 15.3 Å². The molecule has 2 aromatic rings. The molecule has 104 valence electrons. The summed E-state index contributed by atoms with van der Waals surface area (Å²) < 4.78 is 0. The molecule has 1 aromatic heterocycles. The number of hydrogen-bond acceptors (Lipinski definition) is 5. The first kappa shape index (κ1) is 14.2. The molecule has 0 fully saturated rings. The van der Waals surface area contributed by atoms with Crippen molar-refractivity contribution in [2.24, 2.45) is 5.73 Å². The zero-order valence-electron chi connectivity index (χ0n) is 11.7. The molecule has 5 nitrogen and oxygen atoms in total. The van der Waals surface area contributed by atoms with Crippen molar-refractivity contribution in [3.63, 3.8) is 0 Å². The Kier molecular flexibility index (Phi) is 4.14. The molecule has 1 heterocycles. The summed E-state index contributed by atoms with van der Waals surface area (Å²) in [4.78, 5) is 10.9. The molecule has 2 rings (SSSR count). The summed E-state index contributed by atoms with van der Waals surface area (Å²) in [5, 5.41) is 3.15. The third kappa shape index (κ3) is 3.42. The fourth-order valence-corrected chi connectivity index (χ4v) is 1.83. The number of nitrogens with zero attached hydrogens (tertiary/aromatic N) is 3. The van der Waals surface area contributed by atoms with Crippen LogP contribution in [0, 0.1) is 6.92 Å². The molecule has 3 N–H and O–H groups in total. The van der Waals surface area contributed by atoms with Gasteiger partial charge in [-0.2, -0.15) is 0 Å². The van der Waals surface area contributed by atoms with Crippen molar-refractivity contribution in [3.05, 3.63) is 41.7 Å². The monoisotopic (exact) mass is 287 g/mol. The smallest absolute Gasteiger partial charge is 0.228 e. The zero-order valence-corrected chi connectivity index (χ0v) is 12.5. The molecule has 20 heavy (non-hydrogen) atoms. The third-order valence-corrected chi connectivity index (χ3v) is 2.96. The molecule has 0 saturated heterocycles. The maximum atomic E-state index is 5.61. The maximum absolute atomic E-state index is 5.61. The van der Waals surface area contributed by atoms with Gasteiger partial charge in [-0.15, -0.1) is 0 Å². The summed E-state index contributed by atoms with van der Waals surface area (Å²) in [6.07, 6.45) is 0. The summed E-state index contributed by atoms with van der Waals surface area (Å²) in [6.45, 7) is 1.88. The Hall–Kier alpha value is -2.21. The normalized spacial score (nSPS) is 10.2. The molecule has 0 radical (unpaired) electrons. The highest BCUT2D eigenvalue weighted by Crippen LogP contribution is 2.18. The number of nitrogens with one attached hydrogen (secondary N) is 1. The highest BCUT2D eigenvalue weighted by molar-refractivity contribution is 7.80. The highest BCUT2D eigenvalue weighted by Gasteiger charge is 2.05. The van der Waals surface area contributed by atoms with Gasteiger partial charge in [0.15, 0.2) is 0 Å². The minimum atomic E-state index is 0.265. The molecule has 0 atom stereocenters. The summed E-state index contributed by atoms with van der Waals surface area (Å²) >= 11 is 4.95. The Morgan fingerprint density at radius 2 is 1.85 bits per heavy atom. The molecule has 0 unspecified atom stereocenters. The lowest BCUT2D eigenvalue weighted by Gasteiger charge is -2.13. The molecule has 1 aromatic carbocycles. The summed E-state index contributed by atoms with van der Waals surface area (Å²) in [5.41, 5.74) is 9.03. The molecule has 0 bridgehead atoms. The van der Waals surface area contributed by atoms with E-state index in [1.807, 2.05) is 50.2 Å². The van der Waals surface area contributed by atoms with Crippen LogP contribution in [-0.4, -0.2) is 29.1 Å². The zero-order chi connectivity index (χ0) is 14.7. The molecule has 0 aliphatic carbocycles. The minimum Gasteiger partial charge on any atom is -0.388 e. The first-order valence-corrected chi connectivity index (χ1v) is 6.56. The van der Waals surface area contributed by atoms with Crippen molar-refractivity contribution in [2.75, 3.05) is 24.3 Å². The van der Waals surface area contributed by atoms with E-state index < -0.39 is 0 Å². The topological polar surface area (TPSA) is 67.1 Å². The molecule has 6 heteroatoms. The van der Waals surface area contributed by atoms with Crippen LogP contribution in [0.2, 0.25) is 0 Å². The van der Waals surface area contributed by atoms with Crippen LogP contribution in [0.15, 0.2) is 30.3 Å². The fourth-order valence-electron chi connectivity index (χ4n) is 1.72. The van der Waals surface area contributed by atoms with E-state index in [9.17, 15) is 0 Å². The molecule has 0 aliphatic heterocycles. The summed E-state index contributed by atoms with van der Waals surface area (Å²) in [6, 6.07) is 9.75. The maximum Gasteiger partial charge on any atom is 0.228 e. The SMILES string of the molecule is Cc1cc(C(N)=S)nc(Nc2ccc(N(C)C)cc2)n1. The first-order chi connectivity index (χ1) is 9.45. The third-order valence-electron chi connectivity index (χ3n) is 2.75. The number of anilines is 3. The number of benzene rings is 1. The van der Waals surface area contributed by atoms with Crippen LogP contribution in [-0.2, 0) is 0 Å². The van der Waals surface area contributed by atoms with E-state index in [1.54, 1.807) is 6.07 Å². The van der Waals surface area contributed by atoms with E-state index in [4.69, 9.17) is 18.0 Å². The van der Waals surface area contributed by atoms with Gasteiger partial charge >= 0.3 is 0 Å². The Labute approximate surface area is 123 Å². The van der Waals surface area contributed by atoms with E-state index in [0.717, 1.165) is 17.1 Å². The summed E-state index contributed by atoms with van der Waals surface area (Å²) in [7, 11) is 4.00. The van der Waals surface area contributed by atoms with Gasteiger partial charge in [0, 0.05) is 31.2 Å².